The Morgan fingerprint density at radius 2 is 2.21 bits per heavy atom. The third kappa shape index (κ3) is 2.06. The minimum Gasteiger partial charge on any atom is -0.466 e. The number of hydrogen-bond donors (Lipinski definition) is 0. The van der Waals surface area contributed by atoms with E-state index in [0.29, 0.717) is 18.1 Å². The number of hydrogen-bond acceptors (Lipinski definition) is 2. The van der Waals surface area contributed by atoms with E-state index in [0.717, 1.165) is 37.2 Å². The summed E-state index contributed by atoms with van der Waals surface area (Å²) in [5.74, 6) is 2.66. The number of carbonyl (C=O) groups is 1. The molecule has 2 nitrogen and oxygen atoms in total. The van der Waals surface area contributed by atoms with Crippen LogP contribution < -0.4 is 0 Å². The van der Waals surface area contributed by atoms with Crippen molar-refractivity contribution < 1.29 is 9.21 Å². The minimum absolute atomic E-state index is 0.332. The van der Waals surface area contributed by atoms with E-state index in [1.807, 2.05) is 19.1 Å². The van der Waals surface area contributed by atoms with Gasteiger partial charge in [0.25, 0.3) is 0 Å². The van der Waals surface area contributed by atoms with Crippen LogP contribution in [0.3, 0.4) is 0 Å². The molecular formula is C12H16O2. The fraction of sp³-hybridized carbons (Fsp3) is 0.583. The van der Waals surface area contributed by atoms with E-state index in [1.165, 1.54) is 0 Å². The molecule has 1 saturated carbocycles. The van der Waals surface area contributed by atoms with Crippen LogP contribution in [0, 0.1) is 6.92 Å². The van der Waals surface area contributed by atoms with Crippen LogP contribution in [-0.4, -0.2) is 5.78 Å². The highest BCUT2D eigenvalue weighted by molar-refractivity contribution is 5.79. The van der Waals surface area contributed by atoms with Gasteiger partial charge in [0, 0.05) is 18.8 Å². The summed E-state index contributed by atoms with van der Waals surface area (Å²) < 4.78 is 5.57. The van der Waals surface area contributed by atoms with E-state index in [-0.39, 0.29) is 0 Å². The summed E-state index contributed by atoms with van der Waals surface area (Å²) in [7, 11) is 0. The van der Waals surface area contributed by atoms with Gasteiger partial charge in [-0.25, -0.2) is 0 Å². The van der Waals surface area contributed by atoms with Gasteiger partial charge in [-0.1, -0.05) is 6.42 Å². The Labute approximate surface area is 84.3 Å². The van der Waals surface area contributed by atoms with Crippen LogP contribution in [0.15, 0.2) is 16.5 Å². The zero-order valence-corrected chi connectivity index (χ0v) is 8.58. The van der Waals surface area contributed by atoms with Crippen LogP contribution in [0.1, 0.15) is 49.5 Å². The van der Waals surface area contributed by atoms with Crippen molar-refractivity contribution in [3.05, 3.63) is 23.7 Å². The van der Waals surface area contributed by atoms with Gasteiger partial charge in [0.05, 0.1) is 0 Å². The smallest absolute Gasteiger partial charge is 0.133 e. The lowest BCUT2D eigenvalue weighted by molar-refractivity contribution is -0.119. The standard InChI is InChI=1S/C12H16O2/c1-9-6-7-12(14-9)10-4-2-3-5-11(13)8-10/h6-7,10H,2-5,8H2,1H3. The van der Waals surface area contributed by atoms with Gasteiger partial charge in [-0.2, -0.15) is 0 Å². The van der Waals surface area contributed by atoms with Crippen LogP contribution in [-0.2, 0) is 4.79 Å². The Morgan fingerprint density at radius 1 is 1.36 bits per heavy atom. The predicted molar refractivity (Wildman–Crippen MR) is 54.3 cm³/mol. The van der Waals surface area contributed by atoms with Gasteiger partial charge in [-0.05, 0) is 31.9 Å². The van der Waals surface area contributed by atoms with Crippen molar-refractivity contribution in [2.75, 3.05) is 0 Å². The fourth-order valence-corrected chi connectivity index (χ4v) is 2.11. The molecule has 76 valence electrons. The van der Waals surface area contributed by atoms with E-state index in [9.17, 15) is 4.79 Å². The quantitative estimate of drug-likeness (QED) is 0.639. The van der Waals surface area contributed by atoms with E-state index < -0.39 is 0 Å². The average Bonchev–Trinajstić information content (AvgIpc) is 2.45. The van der Waals surface area contributed by atoms with Gasteiger partial charge in [0.1, 0.15) is 17.3 Å². The molecule has 0 saturated heterocycles. The molecule has 2 heteroatoms. The zero-order chi connectivity index (χ0) is 9.97. The highest BCUT2D eigenvalue weighted by atomic mass is 16.3. The average molecular weight is 192 g/mol. The second-order valence-electron chi connectivity index (χ2n) is 4.13. The van der Waals surface area contributed by atoms with Crippen molar-refractivity contribution in [1.29, 1.82) is 0 Å². The third-order valence-corrected chi connectivity index (χ3v) is 2.90. The van der Waals surface area contributed by atoms with Crippen molar-refractivity contribution in [2.45, 2.75) is 44.9 Å². The summed E-state index contributed by atoms with van der Waals surface area (Å²) in [6.45, 7) is 1.95. The normalized spacial score (nSPS) is 23.5. The molecular weight excluding hydrogens is 176 g/mol. The molecule has 1 unspecified atom stereocenters. The van der Waals surface area contributed by atoms with Crippen LogP contribution in [0.25, 0.3) is 0 Å². The topological polar surface area (TPSA) is 30.2 Å². The van der Waals surface area contributed by atoms with Crippen LogP contribution >= 0.6 is 0 Å². The Kier molecular flexibility index (Phi) is 2.71. The molecule has 14 heavy (non-hydrogen) atoms. The fourth-order valence-electron chi connectivity index (χ4n) is 2.11. The lowest BCUT2D eigenvalue weighted by atomic mass is 9.97. The molecule has 0 amide bonds. The number of aryl methyl sites for hydroxylation is 1. The minimum atomic E-state index is 0.332. The van der Waals surface area contributed by atoms with Crippen LogP contribution in [0.2, 0.25) is 0 Å². The zero-order valence-electron chi connectivity index (χ0n) is 8.58. The Morgan fingerprint density at radius 3 is 2.93 bits per heavy atom. The molecule has 0 aromatic carbocycles. The van der Waals surface area contributed by atoms with E-state index >= 15 is 0 Å². The van der Waals surface area contributed by atoms with E-state index in [4.69, 9.17) is 4.42 Å². The number of furan rings is 1. The lowest BCUT2D eigenvalue weighted by Crippen LogP contribution is -2.02. The number of Topliss-reactive ketones (excluding diaryl/α,β-unsaturated/α-hetero) is 1. The monoisotopic (exact) mass is 192 g/mol. The van der Waals surface area contributed by atoms with Gasteiger partial charge in [-0.3, -0.25) is 4.79 Å². The highest BCUT2D eigenvalue weighted by Crippen LogP contribution is 2.30. The molecule has 0 spiro atoms. The van der Waals surface area contributed by atoms with Crippen molar-refractivity contribution in [2.24, 2.45) is 0 Å². The summed E-state index contributed by atoms with van der Waals surface area (Å²) in [5.41, 5.74) is 0. The first-order chi connectivity index (χ1) is 6.75. The molecule has 1 aliphatic rings. The number of carbonyl (C=O) groups excluding carboxylic acids is 1. The van der Waals surface area contributed by atoms with Gasteiger partial charge in [-0.15, -0.1) is 0 Å². The maximum Gasteiger partial charge on any atom is 0.133 e. The summed E-state index contributed by atoms with van der Waals surface area (Å²) >= 11 is 0. The third-order valence-electron chi connectivity index (χ3n) is 2.90. The SMILES string of the molecule is Cc1ccc(C2CCCCC(=O)C2)o1. The first-order valence-electron chi connectivity index (χ1n) is 5.34. The first kappa shape index (κ1) is 9.50. The molecule has 1 fully saturated rings. The summed E-state index contributed by atoms with van der Waals surface area (Å²) in [4.78, 5) is 11.4. The van der Waals surface area contributed by atoms with Gasteiger partial charge in [0.2, 0.25) is 0 Å². The van der Waals surface area contributed by atoms with Gasteiger partial charge in [0.15, 0.2) is 0 Å². The molecule has 1 aromatic rings. The van der Waals surface area contributed by atoms with Crippen LogP contribution in [0.5, 0.6) is 0 Å². The lowest BCUT2D eigenvalue weighted by Gasteiger charge is -2.09. The molecule has 1 atom stereocenters. The van der Waals surface area contributed by atoms with Crippen molar-refractivity contribution in [1.82, 2.24) is 0 Å². The molecule has 0 bridgehead atoms. The van der Waals surface area contributed by atoms with Crippen molar-refractivity contribution in [3.63, 3.8) is 0 Å². The largest absolute Gasteiger partial charge is 0.466 e. The Hall–Kier alpha value is -1.05. The maximum atomic E-state index is 11.4. The first-order valence-corrected chi connectivity index (χ1v) is 5.34. The molecule has 0 radical (unpaired) electrons. The van der Waals surface area contributed by atoms with Crippen molar-refractivity contribution in [3.8, 4) is 0 Å². The summed E-state index contributed by atoms with van der Waals surface area (Å²) in [6.07, 6.45) is 4.73. The van der Waals surface area contributed by atoms with Crippen LogP contribution in [0.4, 0.5) is 0 Å². The van der Waals surface area contributed by atoms with Crippen molar-refractivity contribution >= 4 is 5.78 Å². The summed E-state index contributed by atoms with van der Waals surface area (Å²) in [5, 5.41) is 0. The maximum absolute atomic E-state index is 11.4. The van der Waals surface area contributed by atoms with E-state index in [1.54, 1.807) is 0 Å². The summed E-state index contributed by atoms with van der Waals surface area (Å²) in [6, 6.07) is 3.99. The van der Waals surface area contributed by atoms with Gasteiger partial charge >= 0.3 is 0 Å². The molecule has 0 N–H and O–H groups in total. The Bertz CT molecular complexity index is 325. The van der Waals surface area contributed by atoms with E-state index in [2.05, 4.69) is 0 Å². The highest BCUT2D eigenvalue weighted by Gasteiger charge is 2.21. The number of ketones is 1. The molecule has 2 rings (SSSR count). The predicted octanol–water partition coefficient (Wildman–Crippen LogP) is 3.20. The molecule has 1 aromatic heterocycles. The number of rotatable bonds is 1. The molecule has 0 aliphatic heterocycles. The second-order valence-corrected chi connectivity index (χ2v) is 4.13. The van der Waals surface area contributed by atoms with Gasteiger partial charge < -0.3 is 4.42 Å². The second kappa shape index (κ2) is 3.99. The molecule has 1 aliphatic carbocycles. The molecule has 1 heterocycles. The Balaban J connectivity index is 2.12.